The van der Waals surface area contributed by atoms with Crippen molar-refractivity contribution in [2.45, 2.75) is 6.92 Å². The van der Waals surface area contributed by atoms with Crippen LogP contribution in [-0.2, 0) is 0 Å². The number of thiazole rings is 1. The number of hydrogen-bond acceptors (Lipinski definition) is 7. The van der Waals surface area contributed by atoms with Crippen molar-refractivity contribution in [2.24, 2.45) is 0 Å². The van der Waals surface area contributed by atoms with Crippen LogP contribution in [0.3, 0.4) is 0 Å². The molecule has 0 unspecified atom stereocenters. The summed E-state index contributed by atoms with van der Waals surface area (Å²) < 4.78 is 0. The standard InChI is InChI=1S/C20H19N5S2/c1-14-22-18(24-8-10-25(11-9-24)20-21-7-12-26-20)17-16(13-27-19(17)23-14)15-5-3-2-4-6-15/h2-7,12-13H,8-11H2,1H3. The normalized spacial score (nSPS) is 14.9. The van der Waals surface area contributed by atoms with Crippen molar-refractivity contribution in [3.8, 4) is 11.1 Å². The Kier molecular flexibility index (Phi) is 4.26. The molecule has 0 saturated carbocycles. The van der Waals surface area contributed by atoms with Crippen LogP contribution >= 0.6 is 22.7 Å². The molecule has 0 radical (unpaired) electrons. The summed E-state index contributed by atoms with van der Waals surface area (Å²) in [6, 6.07) is 10.5. The van der Waals surface area contributed by atoms with Gasteiger partial charge < -0.3 is 9.80 Å². The maximum Gasteiger partial charge on any atom is 0.185 e. The van der Waals surface area contributed by atoms with E-state index in [2.05, 4.69) is 50.5 Å². The number of aromatic nitrogens is 3. The van der Waals surface area contributed by atoms with E-state index in [1.54, 1.807) is 22.7 Å². The number of hydrogen-bond donors (Lipinski definition) is 0. The Bertz CT molecular complexity index is 1050. The molecular formula is C20H19N5S2. The van der Waals surface area contributed by atoms with E-state index < -0.39 is 0 Å². The van der Waals surface area contributed by atoms with E-state index >= 15 is 0 Å². The van der Waals surface area contributed by atoms with E-state index in [1.165, 1.54) is 16.5 Å². The van der Waals surface area contributed by atoms with Gasteiger partial charge in [0.1, 0.15) is 16.5 Å². The molecule has 1 aliphatic heterocycles. The monoisotopic (exact) mass is 393 g/mol. The first kappa shape index (κ1) is 16.6. The van der Waals surface area contributed by atoms with Crippen molar-refractivity contribution in [1.29, 1.82) is 0 Å². The first-order valence-corrected chi connectivity index (χ1v) is 10.8. The summed E-state index contributed by atoms with van der Waals surface area (Å²) in [5.74, 6) is 1.90. The Morgan fingerprint density at radius 1 is 0.926 bits per heavy atom. The lowest BCUT2D eigenvalue weighted by Crippen LogP contribution is -2.47. The molecule has 0 atom stereocenters. The van der Waals surface area contributed by atoms with E-state index in [9.17, 15) is 0 Å². The lowest BCUT2D eigenvalue weighted by molar-refractivity contribution is 0.647. The SMILES string of the molecule is Cc1nc(N2CCN(c3nccs3)CC2)c2c(-c3ccccc3)csc2n1. The van der Waals surface area contributed by atoms with Crippen molar-refractivity contribution < 1.29 is 0 Å². The smallest absolute Gasteiger partial charge is 0.185 e. The lowest BCUT2D eigenvalue weighted by atomic mass is 10.1. The summed E-state index contributed by atoms with van der Waals surface area (Å²) in [6.07, 6.45) is 1.88. The fourth-order valence-corrected chi connectivity index (χ4v) is 5.25. The molecule has 1 fully saturated rings. The van der Waals surface area contributed by atoms with Gasteiger partial charge in [-0.25, -0.2) is 15.0 Å². The summed E-state index contributed by atoms with van der Waals surface area (Å²) in [7, 11) is 0. The van der Waals surface area contributed by atoms with Crippen LogP contribution in [0.1, 0.15) is 5.82 Å². The summed E-state index contributed by atoms with van der Waals surface area (Å²) >= 11 is 3.41. The minimum Gasteiger partial charge on any atom is -0.352 e. The first-order chi connectivity index (χ1) is 13.3. The number of fused-ring (bicyclic) bond motifs is 1. The molecule has 3 aromatic heterocycles. The molecule has 0 amide bonds. The Hall–Kier alpha value is -2.51. The molecule has 0 spiro atoms. The van der Waals surface area contributed by atoms with Gasteiger partial charge in [0.2, 0.25) is 0 Å². The number of aryl methyl sites for hydroxylation is 1. The quantitative estimate of drug-likeness (QED) is 0.515. The van der Waals surface area contributed by atoms with Gasteiger partial charge in [-0.2, -0.15) is 0 Å². The fraction of sp³-hybridized carbons (Fsp3) is 0.250. The van der Waals surface area contributed by atoms with E-state index in [0.29, 0.717) is 0 Å². The molecule has 4 heterocycles. The Morgan fingerprint density at radius 3 is 2.44 bits per heavy atom. The molecule has 136 valence electrons. The van der Waals surface area contributed by atoms with Crippen LogP contribution in [0.25, 0.3) is 21.3 Å². The Labute approximate surface area is 166 Å². The third kappa shape index (κ3) is 3.07. The van der Waals surface area contributed by atoms with Gasteiger partial charge in [0.05, 0.1) is 5.39 Å². The Balaban J connectivity index is 1.52. The molecule has 0 N–H and O–H groups in total. The van der Waals surface area contributed by atoms with Gasteiger partial charge in [0.15, 0.2) is 5.13 Å². The average Bonchev–Trinajstić information content (AvgIpc) is 3.38. The summed E-state index contributed by atoms with van der Waals surface area (Å²) in [4.78, 5) is 19.8. The summed E-state index contributed by atoms with van der Waals surface area (Å²) in [5.41, 5.74) is 2.45. The molecule has 1 aliphatic rings. The highest BCUT2D eigenvalue weighted by Crippen LogP contribution is 2.38. The largest absolute Gasteiger partial charge is 0.352 e. The molecule has 5 rings (SSSR count). The second-order valence-electron chi connectivity index (χ2n) is 6.58. The number of thiophene rings is 1. The number of rotatable bonds is 3. The molecule has 27 heavy (non-hydrogen) atoms. The van der Waals surface area contributed by atoms with Crippen molar-refractivity contribution in [1.82, 2.24) is 15.0 Å². The van der Waals surface area contributed by atoms with Crippen LogP contribution in [0.15, 0.2) is 47.3 Å². The first-order valence-electron chi connectivity index (χ1n) is 9.00. The molecule has 5 nitrogen and oxygen atoms in total. The summed E-state index contributed by atoms with van der Waals surface area (Å²) in [5, 5.41) is 6.54. The third-order valence-corrected chi connectivity index (χ3v) is 6.58. The highest BCUT2D eigenvalue weighted by Gasteiger charge is 2.24. The number of piperazine rings is 1. The number of nitrogens with zero attached hydrogens (tertiary/aromatic N) is 5. The fourth-order valence-electron chi connectivity index (χ4n) is 3.57. The number of anilines is 2. The molecule has 0 aliphatic carbocycles. The van der Waals surface area contributed by atoms with Crippen molar-refractivity contribution in [3.05, 3.63) is 53.1 Å². The molecule has 1 aromatic carbocycles. The maximum absolute atomic E-state index is 4.86. The van der Waals surface area contributed by atoms with E-state index in [0.717, 1.165) is 47.8 Å². The molecule has 7 heteroatoms. The molecule has 4 aromatic rings. The second kappa shape index (κ2) is 6.90. The minimum absolute atomic E-state index is 0.835. The number of benzene rings is 1. The van der Waals surface area contributed by atoms with Crippen LogP contribution in [0, 0.1) is 6.92 Å². The predicted molar refractivity (Wildman–Crippen MR) is 114 cm³/mol. The topological polar surface area (TPSA) is 45.2 Å². The van der Waals surface area contributed by atoms with Crippen molar-refractivity contribution in [3.63, 3.8) is 0 Å². The van der Waals surface area contributed by atoms with E-state index in [1.807, 2.05) is 18.5 Å². The van der Waals surface area contributed by atoms with Crippen molar-refractivity contribution in [2.75, 3.05) is 36.0 Å². The van der Waals surface area contributed by atoms with Gasteiger partial charge in [-0.1, -0.05) is 30.3 Å². The zero-order chi connectivity index (χ0) is 18.2. The highest BCUT2D eigenvalue weighted by molar-refractivity contribution is 7.17. The average molecular weight is 394 g/mol. The van der Waals surface area contributed by atoms with Crippen LogP contribution < -0.4 is 9.80 Å². The van der Waals surface area contributed by atoms with Gasteiger partial charge in [-0.3, -0.25) is 0 Å². The zero-order valence-electron chi connectivity index (χ0n) is 15.0. The van der Waals surface area contributed by atoms with Crippen LogP contribution in [0.2, 0.25) is 0 Å². The van der Waals surface area contributed by atoms with E-state index in [4.69, 9.17) is 9.97 Å². The maximum atomic E-state index is 4.86. The van der Waals surface area contributed by atoms with Gasteiger partial charge in [0, 0.05) is 48.7 Å². The minimum atomic E-state index is 0.835. The molecule has 0 bridgehead atoms. The van der Waals surface area contributed by atoms with Gasteiger partial charge in [0.25, 0.3) is 0 Å². The second-order valence-corrected chi connectivity index (χ2v) is 8.31. The van der Waals surface area contributed by atoms with Gasteiger partial charge >= 0.3 is 0 Å². The lowest BCUT2D eigenvalue weighted by Gasteiger charge is -2.35. The van der Waals surface area contributed by atoms with Gasteiger partial charge in [-0.15, -0.1) is 22.7 Å². The van der Waals surface area contributed by atoms with Crippen molar-refractivity contribution >= 4 is 43.8 Å². The summed E-state index contributed by atoms with van der Waals surface area (Å²) in [6.45, 7) is 5.78. The zero-order valence-corrected chi connectivity index (χ0v) is 16.6. The molecule has 1 saturated heterocycles. The Morgan fingerprint density at radius 2 is 1.70 bits per heavy atom. The highest BCUT2D eigenvalue weighted by atomic mass is 32.1. The van der Waals surface area contributed by atoms with E-state index in [-0.39, 0.29) is 0 Å². The van der Waals surface area contributed by atoms with Crippen LogP contribution in [0.4, 0.5) is 10.9 Å². The predicted octanol–water partition coefficient (Wildman–Crippen LogP) is 4.45. The third-order valence-electron chi connectivity index (χ3n) is 4.88. The van der Waals surface area contributed by atoms with Crippen LogP contribution in [0.5, 0.6) is 0 Å². The van der Waals surface area contributed by atoms with Crippen LogP contribution in [-0.4, -0.2) is 41.1 Å². The van der Waals surface area contributed by atoms with Gasteiger partial charge in [-0.05, 0) is 12.5 Å². The molecular weight excluding hydrogens is 374 g/mol.